The molecule has 0 aliphatic rings. The number of allylic oxidation sites excluding steroid dienone is 2. The molecule has 0 amide bonds. The van der Waals surface area contributed by atoms with Crippen LogP contribution in [0.25, 0.3) is 0 Å². The summed E-state index contributed by atoms with van der Waals surface area (Å²) in [5.41, 5.74) is 0. The largest absolute Gasteiger partial charge is 0.358 e. The van der Waals surface area contributed by atoms with Crippen molar-refractivity contribution < 1.29 is 24.5 Å². The van der Waals surface area contributed by atoms with Gasteiger partial charge in [-0.05, 0) is 0 Å². The van der Waals surface area contributed by atoms with Crippen LogP contribution in [0.2, 0.25) is 0 Å². The molecule has 0 saturated heterocycles. The van der Waals surface area contributed by atoms with E-state index >= 15 is 0 Å². The van der Waals surface area contributed by atoms with Crippen LogP contribution in [0.4, 0.5) is 0 Å². The molecule has 46 valence electrons. The average Bonchev–Trinajstić information content (AvgIpc) is 1.61. The van der Waals surface area contributed by atoms with Gasteiger partial charge in [0.2, 0.25) is 0 Å². The van der Waals surface area contributed by atoms with Crippen molar-refractivity contribution in [3.8, 4) is 0 Å². The van der Waals surface area contributed by atoms with E-state index in [9.17, 15) is 0 Å². The second kappa shape index (κ2) is 6.84. The number of aliphatic hydroxyl groups is 1. The van der Waals surface area contributed by atoms with E-state index in [1.54, 1.807) is 6.08 Å². The normalized spacial score (nSPS) is 8.00. The van der Waals surface area contributed by atoms with E-state index in [0.717, 1.165) is 0 Å². The monoisotopic (exact) mass is 280 g/mol. The molecule has 1 nitrogen and oxygen atoms in total. The van der Waals surface area contributed by atoms with Gasteiger partial charge in [-0.15, -0.1) is 0 Å². The predicted molar refractivity (Wildman–Crippen MR) is 32.1 cm³/mol. The Hall–Kier alpha value is -0.162. The fraction of sp³-hybridized carbons (Fsp3) is 0. The van der Waals surface area contributed by atoms with Gasteiger partial charge in [0.1, 0.15) is 0 Å². The molecule has 0 bridgehead atoms. The minimum absolute atomic E-state index is 0. The molecule has 0 unspecified atom stereocenters. The van der Waals surface area contributed by atoms with Crippen molar-refractivity contribution in [1.82, 2.24) is 0 Å². The molecule has 0 fully saturated rings. The zero-order valence-corrected chi connectivity index (χ0v) is 7.60. The molecule has 0 aliphatic carbocycles. The third-order valence-electron chi connectivity index (χ3n) is 0.346. The molecule has 0 spiro atoms. The topological polar surface area (TPSA) is 20.2 Å². The van der Waals surface area contributed by atoms with Crippen LogP contribution >= 0.6 is 0 Å². The third-order valence-corrected chi connectivity index (χ3v) is 0.910. The fourth-order valence-corrected chi connectivity index (χ4v) is 0.420. The van der Waals surface area contributed by atoms with Crippen LogP contribution in [0.3, 0.4) is 0 Å². The van der Waals surface area contributed by atoms with Gasteiger partial charge in [-0.1, -0.05) is 0 Å². The summed E-state index contributed by atoms with van der Waals surface area (Å²) in [5.74, 6) is -0.141. The number of rotatable bonds is 2. The van der Waals surface area contributed by atoms with Gasteiger partial charge >= 0.3 is 53.4 Å². The summed E-state index contributed by atoms with van der Waals surface area (Å²) in [4.78, 5) is 0. The SMILES string of the molecule is [CH-]=C(O)/C=C\[CH]=[W].[CH3-]. The van der Waals surface area contributed by atoms with E-state index in [1.165, 1.54) is 25.4 Å². The zero-order chi connectivity index (χ0) is 5.70. The minimum atomic E-state index is -0.141. The first-order chi connectivity index (χ1) is 3.27. The molecule has 0 aromatic heterocycles. The van der Waals surface area contributed by atoms with Crippen molar-refractivity contribution in [3.05, 3.63) is 31.9 Å². The van der Waals surface area contributed by atoms with E-state index in [2.05, 4.69) is 0 Å². The summed E-state index contributed by atoms with van der Waals surface area (Å²) >= 11 is 1.34. The van der Waals surface area contributed by atoms with Crippen LogP contribution in [0.15, 0.2) is 17.9 Å². The molecule has 0 heterocycles. The van der Waals surface area contributed by atoms with Crippen LogP contribution in [0.5, 0.6) is 0 Å². The van der Waals surface area contributed by atoms with Gasteiger partial charge in [-0.25, -0.2) is 0 Å². The molecule has 0 aromatic carbocycles. The predicted octanol–water partition coefficient (Wildman–Crippen LogP) is 1.22. The summed E-state index contributed by atoms with van der Waals surface area (Å²) in [5, 5.41) is 8.28. The smallest absolute Gasteiger partial charge is 0.358 e. The van der Waals surface area contributed by atoms with Gasteiger partial charge in [0, 0.05) is 0 Å². The fourth-order valence-electron chi connectivity index (χ4n) is 0.138. The first-order valence-corrected chi connectivity index (χ1v) is 3.40. The standard InChI is InChI=1S/C5H5O.CH3.W/c1-3-4-5(2)6;;/h1-4,6H;1H3;/q2*-1;/b4-3-;;. The van der Waals surface area contributed by atoms with E-state index in [1.807, 2.05) is 4.40 Å². The minimum Gasteiger partial charge on any atom is -0.358 e. The molecule has 0 atom stereocenters. The summed E-state index contributed by atoms with van der Waals surface area (Å²) in [7, 11) is 0. The molecule has 1 N–H and O–H groups in total. The van der Waals surface area contributed by atoms with Crippen LogP contribution in [0.1, 0.15) is 0 Å². The van der Waals surface area contributed by atoms with Gasteiger partial charge in [-0.3, -0.25) is 0 Å². The second-order valence-corrected chi connectivity index (χ2v) is 1.90. The Morgan fingerprint density at radius 1 is 1.62 bits per heavy atom. The number of hydrogen-bond donors (Lipinski definition) is 1. The molecule has 8 heavy (non-hydrogen) atoms. The summed E-state index contributed by atoms with van der Waals surface area (Å²) in [6, 6.07) is 0. The quantitative estimate of drug-likeness (QED) is 0.458. The maximum absolute atomic E-state index is 8.28. The maximum atomic E-state index is 8.28. The molecule has 2 heteroatoms. The molecule has 0 rings (SSSR count). The first kappa shape index (κ1) is 10.8. The van der Waals surface area contributed by atoms with Crippen LogP contribution < -0.4 is 0 Å². The van der Waals surface area contributed by atoms with Crippen molar-refractivity contribution >= 4 is 4.40 Å². The summed E-state index contributed by atoms with van der Waals surface area (Å²) in [6.07, 6.45) is 3.14. The Morgan fingerprint density at radius 2 is 2.12 bits per heavy atom. The van der Waals surface area contributed by atoms with E-state index in [0.29, 0.717) is 0 Å². The zero-order valence-electron chi connectivity index (χ0n) is 4.66. The number of aliphatic hydroxyl groups excluding tert-OH is 1. The Bertz CT molecular complexity index is 105. The summed E-state index contributed by atoms with van der Waals surface area (Å²) in [6.45, 7) is 4.85. The van der Waals surface area contributed by atoms with Crippen molar-refractivity contribution in [2.45, 2.75) is 0 Å². The van der Waals surface area contributed by atoms with Gasteiger partial charge in [0.25, 0.3) is 0 Å². The summed E-state index contributed by atoms with van der Waals surface area (Å²) < 4.78 is 1.86. The van der Waals surface area contributed by atoms with E-state index < -0.39 is 0 Å². The van der Waals surface area contributed by atoms with Crippen LogP contribution in [0, 0.1) is 14.0 Å². The van der Waals surface area contributed by atoms with E-state index in [4.69, 9.17) is 11.7 Å². The molecule has 0 saturated carbocycles. The second-order valence-electron chi connectivity index (χ2n) is 0.920. The van der Waals surface area contributed by atoms with Crippen molar-refractivity contribution in [1.29, 1.82) is 0 Å². The molecular weight excluding hydrogens is 272 g/mol. The van der Waals surface area contributed by atoms with Crippen LogP contribution in [-0.4, -0.2) is 9.51 Å². The number of hydrogen-bond acceptors (Lipinski definition) is 1. The van der Waals surface area contributed by atoms with Gasteiger partial charge < -0.3 is 7.43 Å². The molecule has 0 radical (unpaired) electrons. The van der Waals surface area contributed by atoms with Gasteiger partial charge in [0.05, 0.1) is 0 Å². The molecule has 0 aliphatic heterocycles. The maximum Gasteiger partial charge on any atom is -0.358 e. The molecule has 0 aromatic rings. The van der Waals surface area contributed by atoms with Crippen molar-refractivity contribution in [2.75, 3.05) is 0 Å². The Kier molecular flexibility index (Phi) is 9.19. The first-order valence-electron chi connectivity index (χ1n) is 1.70. The average molecular weight is 280 g/mol. The van der Waals surface area contributed by atoms with E-state index in [-0.39, 0.29) is 13.2 Å². The third kappa shape index (κ3) is 9.28. The Balaban J connectivity index is 0. The Labute approximate surface area is 61.1 Å². The Morgan fingerprint density at radius 3 is 2.25 bits per heavy atom. The molecular formula is C6H8OW-2. The van der Waals surface area contributed by atoms with Gasteiger partial charge in [0.15, 0.2) is 0 Å². The van der Waals surface area contributed by atoms with Crippen molar-refractivity contribution in [3.63, 3.8) is 0 Å². The van der Waals surface area contributed by atoms with Crippen molar-refractivity contribution in [2.24, 2.45) is 0 Å². The van der Waals surface area contributed by atoms with Gasteiger partial charge in [-0.2, -0.15) is 0 Å². The van der Waals surface area contributed by atoms with Crippen LogP contribution in [-0.2, 0) is 19.4 Å².